The van der Waals surface area contributed by atoms with Crippen LogP contribution in [-0.2, 0) is 16.1 Å². The molecular formula is C39H52N4O4. The van der Waals surface area contributed by atoms with Crippen LogP contribution in [0.4, 0.5) is 5.69 Å². The number of anilines is 1. The molecule has 2 heterocycles. The van der Waals surface area contributed by atoms with Crippen LogP contribution in [0.5, 0.6) is 5.75 Å². The van der Waals surface area contributed by atoms with E-state index in [-0.39, 0.29) is 17.4 Å². The van der Waals surface area contributed by atoms with Crippen LogP contribution in [0.25, 0.3) is 16.8 Å². The Morgan fingerprint density at radius 1 is 1.06 bits per heavy atom. The summed E-state index contributed by atoms with van der Waals surface area (Å²) in [4.78, 5) is 33.9. The van der Waals surface area contributed by atoms with Crippen LogP contribution in [-0.4, -0.2) is 61.8 Å². The molecule has 0 unspecified atom stereocenters. The molecule has 1 saturated carbocycles. The fourth-order valence-electron chi connectivity index (χ4n) is 7.03. The number of carbonyl (C=O) groups excluding carboxylic acids is 1. The zero-order valence-electron chi connectivity index (χ0n) is 29.0. The van der Waals surface area contributed by atoms with E-state index < -0.39 is 0 Å². The number of aromatic nitrogens is 1. The van der Waals surface area contributed by atoms with Gasteiger partial charge < -0.3 is 24.7 Å². The molecule has 2 N–H and O–H groups in total. The van der Waals surface area contributed by atoms with E-state index in [1.54, 1.807) is 0 Å². The van der Waals surface area contributed by atoms with E-state index in [9.17, 15) is 9.59 Å². The van der Waals surface area contributed by atoms with Gasteiger partial charge in [0.25, 0.3) is 5.56 Å². The van der Waals surface area contributed by atoms with Crippen LogP contribution in [0, 0.1) is 33.6 Å². The summed E-state index contributed by atoms with van der Waals surface area (Å²) in [6.07, 6.45) is 5.09. The SMILES string of the molecule is C=C(NCc1c(C)cc(C)[nH]c1=O)c1cc(-c2ccc(OCCCN3CCOCC3)cc2C)cc(N(CC)C(=O)C2CCCC2)c1C. The van der Waals surface area contributed by atoms with Crippen LogP contribution in [0.2, 0.25) is 0 Å². The highest BCUT2D eigenvalue weighted by molar-refractivity contribution is 5.97. The number of aromatic amines is 1. The van der Waals surface area contributed by atoms with E-state index >= 15 is 0 Å². The van der Waals surface area contributed by atoms with Gasteiger partial charge in [0, 0.05) is 66.8 Å². The third kappa shape index (κ3) is 8.35. The molecule has 47 heavy (non-hydrogen) atoms. The Hall–Kier alpha value is -3.88. The number of nitrogens with zero attached hydrogens (tertiary/aromatic N) is 2. The largest absolute Gasteiger partial charge is 0.494 e. The van der Waals surface area contributed by atoms with Crippen molar-refractivity contribution in [2.75, 3.05) is 50.9 Å². The number of nitrogens with one attached hydrogen (secondary N) is 2. The van der Waals surface area contributed by atoms with Crippen molar-refractivity contribution in [3.8, 4) is 16.9 Å². The fourth-order valence-corrected chi connectivity index (χ4v) is 7.03. The second kappa shape index (κ2) is 15.8. The smallest absolute Gasteiger partial charge is 0.253 e. The van der Waals surface area contributed by atoms with Crippen molar-refractivity contribution in [1.29, 1.82) is 0 Å². The first-order valence-corrected chi connectivity index (χ1v) is 17.3. The topological polar surface area (TPSA) is 86.9 Å². The number of ether oxygens (including phenoxy) is 2. The van der Waals surface area contributed by atoms with E-state index in [2.05, 4.69) is 66.8 Å². The Morgan fingerprint density at radius 2 is 1.81 bits per heavy atom. The maximum atomic E-state index is 13.8. The molecule has 8 nitrogen and oxygen atoms in total. The molecule has 2 fully saturated rings. The number of amides is 1. The number of H-pyrrole nitrogens is 1. The number of morpholine rings is 1. The number of carbonyl (C=O) groups is 1. The van der Waals surface area contributed by atoms with Crippen LogP contribution >= 0.6 is 0 Å². The molecule has 0 atom stereocenters. The molecule has 5 rings (SSSR count). The highest BCUT2D eigenvalue weighted by atomic mass is 16.5. The lowest BCUT2D eigenvalue weighted by Crippen LogP contribution is -2.37. The van der Waals surface area contributed by atoms with E-state index in [1.165, 1.54) is 0 Å². The number of hydrogen-bond donors (Lipinski definition) is 2. The predicted octanol–water partition coefficient (Wildman–Crippen LogP) is 6.68. The van der Waals surface area contributed by atoms with Crippen LogP contribution in [0.3, 0.4) is 0 Å². The zero-order chi connectivity index (χ0) is 33.5. The van der Waals surface area contributed by atoms with Gasteiger partial charge in [-0.1, -0.05) is 25.5 Å². The summed E-state index contributed by atoms with van der Waals surface area (Å²) in [6, 6.07) is 12.5. The van der Waals surface area contributed by atoms with Crippen molar-refractivity contribution in [2.24, 2.45) is 5.92 Å². The van der Waals surface area contributed by atoms with Crippen molar-refractivity contribution < 1.29 is 14.3 Å². The summed E-state index contributed by atoms with van der Waals surface area (Å²) < 4.78 is 11.6. The van der Waals surface area contributed by atoms with Gasteiger partial charge in [-0.15, -0.1) is 0 Å². The van der Waals surface area contributed by atoms with Gasteiger partial charge in [0.05, 0.1) is 19.8 Å². The van der Waals surface area contributed by atoms with Gasteiger partial charge in [-0.25, -0.2) is 0 Å². The van der Waals surface area contributed by atoms with Crippen LogP contribution in [0.1, 0.15) is 72.5 Å². The molecule has 0 spiro atoms. The summed E-state index contributed by atoms with van der Waals surface area (Å²) in [5, 5.41) is 3.43. The molecule has 1 amide bonds. The standard InChI is InChI=1S/C39H52N4O4/c1-7-43(39(45)31-11-8-9-12-31)37-24-32(23-35(29(37)5)30(6)40-25-36-26(2)21-28(4)41-38(36)44)34-14-13-33(22-27(34)3)47-18-10-15-42-16-19-46-20-17-42/h13-14,21-24,31,40H,6-12,15-20,25H2,1-5H3,(H,41,44). The molecule has 2 aliphatic rings. The monoisotopic (exact) mass is 640 g/mol. The van der Waals surface area contributed by atoms with Gasteiger partial charge >= 0.3 is 0 Å². The number of rotatable bonds is 13. The summed E-state index contributed by atoms with van der Waals surface area (Å²) in [6.45, 7) is 20.7. The first kappa shape index (κ1) is 34.5. The minimum Gasteiger partial charge on any atom is -0.494 e. The maximum absolute atomic E-state index is 13.8. The Kier molecular flexibility index (Phi) is 11.6. The fraction of sp³-hybridized carbons (Fsp3) is 0.487. The quantitative estimate of drug-likeness (QED) is 0.203. The average molecular weight is 641 g/mol. The van der Waals surface area contributed by atoms with E-state index in [4.69, 9.17) is 9.47 Å². The molecule has 0 radical (unpaired) electrons. The minimum atomic E-state index is -0.0905. The Labute approximate surface area is 280 Å². The van der Waals surface area contributed by atoms with Gasteiger partial charge in [0.15, 0.2) is 0 Å². The summed E-state index contributed by atoms with van der Waals surface area (Å²) >= 11 is 0. The summed E-state index contributed by atoms with van der Waals surface area (Å²) in [7, 11) is 0. The van der Waals surface area contributed by atoms with Crippen molar-refractivity contribution in [2.45, 2.75) is 73.3 Å². The number of aryl methyl sites for hydroxylation is 3. The van der Waals surface area contributed by atoms with Crippen LogP contribution in [0.15, 0.2) is 47.8 Å². The van der Waals surface area contributed by atoms with Gasteiger partial charge in [-0.05, 0) is 112 Å². The van der Waals surface area contributed by atoms with E-state index in [1.807, 2.05) is 30.9 Å². The van der Waals surface area contributed by atoms with Gasteiger partial charge in [-0.2, -0.15) is 0 Å². The first-order chi connectivity index (χ1) is 22.7. The molecule has 8 heteroatoms. The summed E-state index contributed by atoms with van der Waals surface area (Å²) in [5.41, 5.74) is 9.12. The van der Waals surface area contributed by atoms with Crippen LogP contribution < -0.4 is 20.5 Å². The van der Waals surface area contributed by atoms with Crippen molar-refractivity contribution >= 4 is 17.3 Å². The second-order valence-electron chi connectivity index (χ2n) is 13.1. The third-order valence-corrected chi connectivity index (χ3v) is 9.76. The maximum Gasteiger partial charge on any atom is 0.253 e. The van der Waals surface area contributed by atoms with Crippen molar-refractivity contribution in [1.82, 2.24) is 15.2 Å². The lowest BCUT2D eigenvalue weighted by Gasteiger charge is -2.28. The first-order valence-electron chi connectivity index (χ1n) is 17.3. The number of hydrogen-bond acceptors (Lipinski definition) is 6. The predicted molar refractivity (Wildman–Crippen MR) is 191 cm³/mol. The molecule has 1 aliphatic carbocycles. The Morgan fingerprint density at radius 3 is 2.49 bits per heavy atom. The van der Waals surface area contributed by atoms with Crippen molar-refractivity contribution in [3.63, 3.8) is 0 Å². The molecule has 0 bridgehead atoms. The second-order valence-corrected chi connectivity index (χ2v) is 13.1. The van der Waals surface area contributed by atoms with Gasteiger partial charge in [0.1, 0.15) is 5.75 Å². The lowest BCUT2D eigenvalue weighted by molar-refractivity contribution is -0.122. The molecular weight excluding hydrogens is 588 g/mol. The average Bonchev–Trinajstić information content (AvgIpc) is 3.60. The van der Waals surface area contributed by atoms with E-state index in [0.29, 0.717) is 31.0 Å². The summed E-state index contributed by atoms with van der Waals surface area (Å²) in [5.74, 6) is 1.13. The van der Waals surface area contributed by atoms with Gasteiger partial charge in [0.2, 0.25) is 5.91 Å². The molecule has 1 aromatic heterocycles. The number of benzene rings is 2. The normalized spacial score (nSPS) is 15.5. The molecule has 1 saturated heterocycles. The van der Waals surface area contributed by atoms with Gasteiger partial charge in [-0.3, -0.25) is 14.5 Å². The minimum absolute atomic E-state index is 0.0698. The zero-order valence-corrected chi connectivity index (χ0v) is 29.0. The Balaban J connectivity index is 1.42. The molecule has 3 aromatic rings. The van der Waals surface area contributed by atoms with Crippen molar-refractivity contribution in [3.05, 3.63) is 86.8 Å². The van der Waals surface area contributed by atoms with E-state index in [0.717, 1.165) is 115 Å². The number of pyridine rings is 1. The molecule has 2 aromatic carbocycles. The highest BCUT2D eigenvalue weighted by Crippen LogP contribution is 2.37. The Bertz CT molecular complexity index is 1630. The molecule has 252 valence electrons. The lowest BCUT2D eigenvalue weighted by atomic mass is 9.93. The highest BCUT2D eigenvalue weighted by Gasteiger charge is 2.29. The third-order valence-electron chi connectivity index (χ3n) is 9.76. The molecule has 1 aliphatic heterocycles.